The average Bonchev–Trinajstić information content (AvgIpc) is 3.02. The van der Waals surface area contributed by atoms with Crippen LogP contribution in [0.4, 0.5) is 15.3 Å². The van der Waals surface area contributed by atoms with Crippen molar-refractivity contribution in [2.45, 2.75) is 13.5 Å². The van der Waals surface area contributed by atoms with Gasteiger partial charge in [-0.1, -0.05) is 23.5 Å². The number of thiazole rings is 1. The molecule has 0 saturated heterocycles. The Kier molecular flexibility index (Phi) is 5.43. The molecule has 0 bridgehead atoms. The summed E-state index contributed by atoms with van der Waals surface area (Å²) in [7, 11) is 1.61. The lowest BCUT2D eigenvalue weighted by Crippen LogP contribution is -2.22. The molecule has 1 aromatic carbocycles. The molecule has 134 valence electrons. The highest BCUT2D eigenvalue weighted by atomic mass is 32.1. The molecule has 0 spiro atoms. The van der Waals surface area contributed by atoms with Crippen LogP contribution >= 0.6 is 11.3 Å². The Morgan fingerprint density at radius 3 is 2.65 bits per heavy atom. The van der Waals surface area contributed by atoms with Crippen LogP contribution in [-0.2, 0) is 6.54 Å². The molecule has 2 aromatic heterocycles. The average molecular weight is 372 g/mol. The number of carbonyl (C=O) groups is 1. The molecule has 0 fully saturated rings. The van der Waals surface area contributed by atoms with Gasteiger partial charge in [0, 0.05) is 6.54 Å². The van der Waals surface area contributed by atoms with Crippen molar-refractivity contribution in [1.29, 1.82) is 0 Å². The number of carbonyl (C=O) groups excluding carboxylic acids is 1. The summed E-state index contributed by atoms with van der Waals surface area (Å²) >= 11 is 1.22. The van der Waals surface area contributed by atoms with Crippen molar-refractivity contribution in [2.24, 2.45) is 0 Å². The van der Waals surface area contributed by atoms with E-state index in [2.05, 4.69) is 20.6 Å². The quantitative estimate of drug-likeness (QED) is 0.690. The molecule has 0 radical (unpaired) electrons. The lowest BCUT2D eigenvalue weighted by atomic mass is 10.2. The maximum Gasteiger partial charge on any atom is 0.263 e. The number of halogens is 1. The number of hydrogen-bond acceptors (Lipinski definition) is 6. The topological polar surface area (TPSA) is 76.1 Å². The maximum atomic E-state index is 12.9. The molecule has 3 aromatic rings. The lowest BCUT2D eigenvalue weighted by Gasteiger charge is -2.05. The summed E-state index contributed by atoms with van der Waals surface area (Å²) in [4.78, 5) is 21.2. The van der Waals surface area contributed by atoms with Gasteiger partial charge in [0.1, 0.15) is 22.3 Å². The number of anilines is 2. The third-order valence-corrected chi connectivity index (χ3v) is 4.65. The van der Waals surface area contributed by atoms with Crippen LogP contribution in [0.3, 0.4) is 0 Å². The van der Waals surface area contributed by atoms with E-state index in [4.69, 9.17) is 4.74 Å². The number of methoxy groups -OCH3 is 1. The van der Waals surface area contributed by atoms with E-state index >= 15 is 0 Å². The molecule has 0 saturated carbocycles. The molecule has 26 heavy (non-hydrogen) atoms. The standard InChI is InChI=1S/C18H17FN4O2S/c1-11-16(17(24)21-9-12-3-6-14(25-2)7-4-12)26-18(22-11)23-15-8-5-13(19)10-20-15/h3-8,10H,9H2,1-2H3,(H,21,24)(H,20,22,23). The zero-order valence-corrected chi connectivity index (χ0v) is 15.1. The molecule has 3 rings (SSSR count). The van der Waals surface area contributed by atoms with Crippen molar-refractivity contribution < 1.29 is 13.9 Å². The monoisotopic (exact) mass is 372 g/mol. The van der Waals surface area contributed by atoms with Crippen molar-refractivity contribution >= 4 is 28.2 Å². The fourth-order valence-electron chi connectivity index (χ4n) is 2.23. The number of ether oxygens (including phenoxy) is 1. The third kappa shape index (κ3) is 4.34. The van der Waals surface area contributed by atoms with Crippen LogP contribution in [0.1, 0.15) is 20.9 Å². The van der Waals surface area contributed by atoms with Gasteiger partial charge in [0.25, 0.3) is 5.91 Å². The predicted molar refractivity (Wildman–Crippen MR) is 98.5 cm³/mol. The van der Waals surface area contributed by atoms with Crippen molar-refractivity contribution in [3.05, 3.63) is 64.5 Å². The van der Waals surface area contributed by atoms with E-state index in [1.807, 2.05) is 24.3 Å². The minimum atomic E-state index is -0.413. The number of rotatable bonds is 6. The summed E-state index contributed by atoms with van der Waals surface area (Å²) in [5.74, 6) is 0.620. The first-order chi connectivity index (χ1) is 12.5. The molecule has 2 heterocycles. The summed E-state index contributed by atoms with van der Waals surface area (Å²) in [6, 6.07) is 10.3. The smallest absolute Gasteiger partial charge is 0.263 e. The van der Waals surface area contributed by atoms with E-state index < -0.39 is 5.82 Å². The fraction of sp³-hybridized carbons (Fsp3) is 0.167. The summed E-state index contributed by atoms with van der Waals surface area (Å²) in [5, 5.41) is 6.37. The highest BCUT2D eigenvalue weighted by Gasteiger charge is 2.15. The van der Waals surface area contributed by atoms with Crippen LogP contribution in [0.25, 0.3) is 0 Å². The molecular weight excluding hydrogens is 355 g/mol. The number of hydrogen-bond donors (Lipinski definition) is 2. The van der Waals surface area contributed by atoms with E-state index in [0.717, 1.165) is 17.5 Å². The number of benzene rings is 1. The molecule has 1 amide bonds. The summed E-state index contributed by atoms with van der Waals surface area (Å²) < 4.78 is 18.0. The first-order valence-electron chi connectivity index (χ1n) is 7.82. The Morgan fingerprint density at radius 2 is 2.00 bits per heavy atom. The first-order valence-corrected chi connectivity index (χ1v) is 8.64. The molecule has 0 aliphatic rings. The highest BCUT2D eigenvalue weighted by molar-refractivity contribution is 7.17. The van der Waals surface area contributed by atoms with Crippen molar-refractivity contribution in [2.75, 3.05) is 12.4 Å². The highest BCUT2D eigenvalue weighted by Crippen LogP contribution is 2.25. The van der Waals surface area contributed by atoms with E-state index in [9.17, 15) is 9.18 Å². The third-order valence-electron chi connectivity index (χ3n) is 3.58. The van der Waals surface area contributed by atoms with Gasteiger partial charge in [-0.05, 0) is 36.8 Å². The molecule has 0 aliphatic heterocycles. The number of pyridine rings is 1. The van der Waals surface area contributed by atoms with E-state index in [0.29, 0.717) is 28.1 Å². The molecular formula is C18H17FN4O2S. The molecule has 6 nitrogen and oxygen atoms in total. The van der Waals surface area contributed by atoms with Gasteiger partial charge < -0.3 is 15.4 Å². The van der Waals surface area contributed by atoms with Crippen LogP contribution in [-0.4, -0.2) is 23.0 Å². The van der Waals surface area contributed by atoms with Crippen LogP contribution in [0.2, 0.25) is 0 Å². The van der Waals surface area contributed by atoms with Crippen molar-refractivity contribution in [3.63, 3.8) is 0 Å². The largest absolute Gasteiger partial charge is 0.497 e. The van der Waals surface area contributed by atoms with Crippen LogP contribution < -0.4 is 15.4 Å². The lowest BCUT2D eigenvalue weighted by molar-refractivity contribution is 0.0954. The van der Waals surface area contributed by atoms with Gasteiger partial charge in [0.2, 0.25) is 0 Å². The zero-order chi connectivity index (χ0) is 18.5. The van der Waals surface area contributed by atoms with Crippen LogP contribution in [0.5, 0.6) is 5.75 Å². The number of amides is 1. The first kappa shape index (κ1) is 17.8. The molecule has 0 aliphatic carbocycles. The minimum absolute atomic E-state index is 0.198. The van der Waals surface area contributed by atoms with Crippen LogP contribution in [0, 0.1) is 12.7 Å². The van der Waals surface area contributed by atoms with E-state index in [-0.39, 0.29) is 5.91 Å². The Balaban J connectivity index is 1.63. The summed E-state index contributed by atoms with van der Waals surface area (Å²) in [6.45, 7) is 2.17. The van der Waals surface area contributed by atoms with Gasteiger partial charge in [-0.3, -0.25) is 4.79 Å². The van der Waals surface area contributed by atoms with Gasteiger partial charge in [0.15, 0.2) is 5.13 Å². The normalized spacial score (nSPS) is 10.4. The van der Waals surface area contributed by atoms with E-state index in [1.165, 1.54) is 23.5 Å². The minimum Gasteiger partial charge on any atom is -0.497 e. The summed E-state index contributed by atoms with van der Waals surface area (Å²) in [5.41, 5.74) is 1.59. The van der Waals surface area contributed by atoms with E-state index in [1.54, 1.807) is 14.0 Å². The van der Waals surface area contributed by atoms with Gasteiger partial charge in [0.05, 0.1) is 19.0 Å². The Morgan fingerprint density at radius 1 is 1.23 bits per heavy atom. The second kappa shape index (κ2) is 7.92. The molecule has 0 atom stereocenters. The second-order valence-corrected chi connectivity index (χ2v) is 6.45. The second-order valence-electron chi connectivity index (χ2n) is 5.45. The van der Waals surface area contributed by atoms with Gasteiger partial charge in [-0.2, -0.15) is 0 Å². The fourth-order valence-corrected chi connectivity index (χ4v) is 3.12. The summed E-state index contributed by atoms with van der Waals surface area (Å²) in [6.07, 6.45) is 1.12. The number of aromatic nitrogens is 2. The molecule has 2 N–H and O–H groups in total. The zero-order valence-electron chi connectivity index (χ0n) is 14.2. The Hall–Kier alpha value is -3.00. The van der Waals surface area contributed by atoms with Gasteiger partial charge in [-0.15, -0.1) is 0 Å². The Bertz CT molecular complexity index is 895. The predicted octanol–water partition coefficient (Wildman–Crippen LogP) is 3.67. The number of aryl methyl sites for hydroxylation is 1. The van der Waals surface area contributed by atoms with Crippen molar-refractivity contribution in [3.8, 4) is 5.75 Å². The maximum absolute atomic E-state index is 12.9. The van der Waals surface area contributed by atoms with Crippen molar-refractivity contribution in [1.82, 2.24) is 15.3 Å². The number of nitrogens with one attached hydrogen (secondary N) is 2. The number of nitrogens with zero attached hydrogens (tertiary/aromatic N) is 2. The molecule has 0 unspecified atom stereocenters. The van der Waals surface area contributed by atoms with Gasteiger partial charge in [-0.25, -0.2) is 14.4 Å². The molecule has 8 heteroatoms. The Labute approximate surface area is 154 Å². The van der Waals surface area contributed by atoms with Crippen LogP contribution in [0.15, 0.2) is 42.6 Å². The SMILES string of the molecule is COc1ccc(CNC(=O)c2sc(Nc3ccc(F)cn3)nc2C)cc1. The van der Waals surface area contributed by atoms with Gasteiger partial charge >= 0.3 is 0 Å².